The fourth-order valence-electron chi connectivity index (χ4n) is 3.42. The Morgan fingerprint density at radius 3 is 2.50 bits per heavy atom. The zero-order valence-corrected chi connectivity index (χ0v) is 16.6. The first-order valence-corrected chi connectivity index (χ1v) is 10.3. The van der Waals surface area contributed by atoms with Crippen LogP contribution in [0.25, 0.3) is 5.69 Å². The van der Waals surface area contributed by atoms with Crippen LogP contribution in [0.2, 0.25) is 0 Å². The summed E-state index contributed by atoms with van der Waals surface area (Å²) in [7, 11) is -2.13. The predicted molar refractivity (Wildman–Crippen MR) is 107 cm³/mol. The van der Waals surface area contributed by atoms with E-state index in [0.29, 0.717) is 22.6 Å². The van der Waals surface area contributed by atoms with E-state index in [1.807, 2.05) is 37.3 Å². The standard InChI is InChI=1S/C20H20N4O3S/c1-13-20(14(2)24(21-13)16-7-5-4-6-8-16)22-28(26,27)17-9-10-18-15(11-17)12-19(25)23(18)3/h4-11,22H,12H2,1-3H3. The van der Waals surface area contributed by atoms with Gasteiger partial charge in [0, 0.05) is 12.7 Å². The van der Waals surface area contributed by atoms with Crippen molar-refractivity contribution < 1.29 is 13.2 Å². The van der Waals surface area contributed by atoms with Gasteiger partial charge in [0.15, 0.2) is 0 Å². The van der Waals surface area contributed by atoms with E-state index < -0.39 is 10.0 Å². The molecule has 1 aliphatic heterocycles. The second kappa shape index (κ2) is 6.49. The zero-order valence-electron chi connectivity index (χ0n) is 15.8. The van der Waals surface area contributed by atoms with Crippen LogP contribution in [0, 0.1) is 13.8 Å². The second-order valence-electron chi connectivity index (χ2n) is 6.82. The molecule has 0 atom stereocenters. The number of nitrogens with zero attached hydrogens (tertiary/aromatic N) is 3. The van der Waals surface area contributed by atoms with Gasteiger partial charge in [-0.25, -0.2) is 13.1 Å². The van der Waals surface area contributed by atoms with Gasteiger partial charge in [-0.1, -0.05) is 18.2 Å². The lowest BCUT2D eigenvalue weighted by molar-refractivity contribution is -0.117. The molecule has 3 aromatic rings. The summed E-state index contributed by atoms with van der Waals surface area (Å²) in [6.45, 7) is 3.59. The van der Waals surface area contributed by atoms with Crippen LogP contribution in [0.5, 0.6) is 0 Å². The summed E-state index contributed by atoms with van der Waals surface area (Å²) in [5.41, 5.74) is 4.05. The minimum Gasteiger partial charge on any atom is -0.315 e. The lowest BCUT2D eigenvalue weighted by Gasteiger charge is -2.12. The largest absolute Gasteiger partial charge is 0.315 e. The Labute approximate surface area is 163 Å². The molecule has 2 heterocycles. The van der Waals surface area contributed by atoms with Crippen molar-refractivity contribution in [1.82, 2.24) is 9.78 Å². The number of rotatable bonds is 4. The van der Waals surface area contributed by atoms with Crippen molar-refractivity contribution in [2.45, 2.75) is 25.2 Å². The van der Waals surface area contributed by atoms with Gasteiger partial charge in [0.1, 0.15) is 0 Å². The zero-order chi connectivity index (χ0) is 20.1. The molecule has 8 heteroatoms. The molecule has 2 aromatic carbocycles. The molecule has 0 bridgehead atoms. The lowest BCUT2D eigenvalue weighted by Crippen LogP contribution is -2.20. The Balaban J connectivity index is 1.69. The van der Waals surface area contributed by atoms with E-state index >= 15 is 0 Å². The van der Waals surface area contributed by atoms with Crippen molar-refractivity contribution in [1.29, 1.82) is 0 Å². The Morgan fingerprint density at radius 2 is 1.79 bits per heavy atom. The molecule has 0 aliphatic carbocycles. The summed E-state index contributed by atoms with van der Waals surface area (Å²) in [5, 5.41) is 4.47. The van der Waals surface area contributed by atoms with Gasteiger partial charge >= 0.3 is 0 Å². The molecule has 0 saturated carbocycles. The summed E-state index contributed by atoms with van der Waals surface area (Å²) in [5.74, 6) is -0.0478. The molecule has 1 N–H and O–H groups in total. The molecule has 7 nitrogen and oxygen atoms in total. The number of amides is 1. The average molecular weight is 396 g/mol. The molecule has 0 spiro atoms. The van der Waals surface area contributed by atoms with E-state index in [9.17, 15) is 13.2 Å². The van der Waals surface area contributed by atoms with E-state index in [1.54, 1.807) is 30.8 Å². The molecule has 1 aromatic heterocycles. The molecule has 0 unspecified atom stereocenters. The first-order valence-electron chi connectivity index (χ1n) is 8.82. The summed E-state index contributed by atoms with van der Waals surface area (Å²) in [6, 6.07) is 14.3. The van der Waals surface area contributed by atoms with Crippen LogP contribution in [-0.4, -0.2) is 31.2 Å². The number of fused-ring (bicyclic) bond motifs is 1. The lowest BCUT2D eigenvalue weighted by atomic mass is 10.2. The van der Waals surface area contributed by atoms with E-state index in [0.717, 1.165) is 11.4 Å². The smallest absolute Gasteiger partial charge is 0.262 e. The maximum Gasteiger partial charge on any atom is 0.262 e. The van der Waals surface area contributed by atoms with Gasteiger partial charge in [-0.05, 0) is 49.7 Å². The minimum absolute atomic E-state index is 0.0478. The Morgan fingerprint density at radius 1 is 1.07 bits per heavy atom. The van der Waals surface area contributed by atoms with Crippen molar-refractivity contribution in [3.63, 3.8) is 0 Å². The summed E-state index contributed by atoms with van der Waals surface area (Å²) >= 11 is 0. The molecule has 1 amide bonds. The van der Waals surface area contributed by atoms with Crippen LogP contribution in [-0.2, 0) is 21.2 Å². The predicted octanol–water partition coefficient (Wildman–Crippen LogP) is 2.81. The number of anilines is 2. The highest BCUT2D eigenvalue weighted by molar-refractivity contribution is 7.92. The molecular weight excluding hydrogens is 376 g/mol. The fraction of sp³-hybridized carbons (Fsp3) is 0.200. The van der Waals surface area contributed by atoms with Crippen LogP contribution in [0.4, 0.5) is 11.4 Å². The number of sulfonamides is 1. The molecule has 0 saturated heterocycles. The van der Waals surface area contributed by atoms with Gasteiger partial charge in [0.2, 0.25) is 5.91 Å². The van der Waals surface area contributed by atoms with Gasteiger partial charge < -0.3 is 4.90 Å². The third-order valence-corrected chi connectivity index (χ3v) is 6.31. The molecule has 0 fully saturated rings. The van der Waals surface area contributed by atoms with E-state index in [2.05, 4.69) is 9.82 Å². The highest BCUT2D eigenvalue weighted by Crippen LogP contribution is 2.31. The maximum atomic E-state index is 13.0. The molecule has 1 aliphatic rings. The summed E-state index contributed by atoms with van der Waals surface area (Å²) in [6.07, 6.45) is 0.208. The molecular formula is C20H20N4O3S. The highest BCUT2D eigenvalue weighted by Gasteiger charge is 2.27. The first kappa shape index (κ1) is 18.2. The average Bonchev–Trinajstić information content (AvgIpc) is 3.12. The van der Waals surface area contributed by atoms with E-state index in [-0.39, 0.29) is 17.2 Å². The number of aromatic nitrogens is 2. The minimum atomic E-state index is -3.82. The monoisotopic (exact) mass is 396 g/mol. The van der Waals surface area contributed by atoms with Crippen molar-refractivity contribution in [3.05, 3.63) is 65.5 Å². The topological polar surface area (TPSA) is 84.3 Å². The summed E-state index contributed by atoms with van der Waals surface area (Å²) in [4.78, 5) is 13.5. The van der Waals surface area contributed by atoms with Crippen LogP contribution in [0.15, 0.2) is 53.4 Å². The second-order valence-corrected chi connectivity index (χ2v) is 8.50. The SMILES string of the molecule is Cc1nn(-c2ccccc2)c(C)c1NS(=O)(=O)c1ccc2c(c1)CC(=O)N2C. The number of para-hydroxylation sites is 1. The van der Waals surface area contributed by atoms with Crippen molar-refractivity contribution in [2.24, 2.45) is 0 Å². The number of aryl methyl sites for hydroxylation is 1. The van der Waals surface area contributed by atoms with E-state index in [1.165, 1.54) is 11.0 Å². The van der Waals surface area contributed by atoms with E-state index in [4.69, 9.17) is 0 Å². The molecule has 28 heavy (non-hydrogen) atoms. The Bertz CT molecular complexity index is 1180. The molecule has 4 rings (SSSR count). The number of likely N-dealkylation sites (N-methyl/N-ethyl adjacent to an activating group) is 1. The number of benzene rings is 2. The number of nitrogens with one attached hydrogen (secondary N) is 1. The van der Waals surface area contributed by atoms with Crippen molar-refractivity contribution >= 4 is 27.3 Å². The Kier molecular flexibility index (Phi) is 4.23. The van der Waals surface area contributed by atoms with Gasteiger partial charge in [0.05, 0.1) is 34.1 Å². The number of hydrogen-bond donors (Lipinski definition) is 1. The quantitative estimate of drug-likeness (QED) is 0.735. The number of hydrogen-bond acceptors (Lipinski definition) is 4. The fourth-order valence-corrected chi connectivity index (χ4v) is 4.64. The maximum absolute atomic E-state index is 13.0. The van der Waals surface area contributed by atoms with Crippen molar-refractivity contribution in [2.75, 3.05) is 16.7 Å². The Hall–Kier alpha value is -3.13. The third kappa shape index (κ3) is 2.95. The number of carbonyl (C=O) groups is 1. The van der Waals surface area contributed by atoms with Gasteiger partial charge in [-0.3, -0.25) is 9.52 Å². The third-order valence-electron chi connectivity index (χ3n) is 4.97. The van der Waals surface area contributed by atoms with Gasteiger partial charge in [0.25, 0.3) is 10.0 Å². The molecule has 0 radical (unpaired) electrons. The van der Waals surface area contributed by atoms with Crippen molar-refractivity contribution in [3.8, 4) is 5.69 Å². The van der Waals surface area contributed by atoms with Crippen LogP contribution >= 0.6 is 0 Å². The summed E-state index contributed by atoms with van der Waals surface area (Å²) < 4.78 is 30.3. The normalized spacial score (nSPS) is 13.7. The number of carbonyl (C=O) groups excluding carboxylic acids is 1. The van der Waals surface area contributed by atoms with Gasteiger partial charge in [-0.2, -0.15) is 5.10 Å². The first-order chi connectivity index (χ1) is 13.3. The van der Waals surface area contributed by atoms with Gasteiger partial charge in [-0.15, -0.1) is 0 Å². The molecule has 144 valence electrons. The highest BCUT2D eigenvalue weighted by atomic mass is 32.2. The van der Waals surface area contributed by atoms with Crippen LogP contribution < -0.4 is 9.62 Å². The van der Waals surface area contributed by atoms with Crippen LogP contribution in [0.1, 0.15) is 17.0 Å². The van der Waals surface area contributed by atoms with Crippen LogP contribution in [0.3, 0.4) is 0 Å².